The molecule has 0 aliphatic rings. The van der Waals surface area contributed by atoms with Gasteiger partial charge >= 0.3 is 0 Å². The fraction of sp³-hybridized carbons (Fsp3) is 0.0667. The van der Waals surface area contributed by atoms with Gasteiger partial charge in [-0.2, -0.15) is 5.10 Å². The molecule has 0 radical (unpaired) electrons. The van der Waals surface area contributed by atoms with E-state index in [1.807, 2.05) is 10.7 Å². The van der Waals surface area contributed by atoms with Gasteiger partial charge in [-0.25, -0.2) is 9.50 Å². The number of nitrogens with zero attached hydrogens (tertiary/aromatic N) is 3. The molecular formula is C15H11N3. The van der Waals surface area contributed by atoms with Gasteiger partial charge in [0.2, 0.25) is 0 Å². The van der Waals surface area contributed by atoms with Crippen LogP contribution in [0.5, 0.6) is 0 Å². The van der Waals surface area contributed by atoms with Crippen LogP contribution in [-0.2, 0) is 0 Å². The van der Waals surface area contributed by atoms with Gasteiger partial charge in [-0.1, -0.05) is 24.3 Å². The number of hydrogen-bond acceptors (Lipinski definition) is 2. The topological polar surface area (TPSA) is 30.2 Å². The monoisotopic (exact) mass is 233 g/mol. The van der Waals surface area contributed by atoms with Gasteiger partial charge < -0.3 is 0 Å². The molecule has 0 aliphatic heterocycles. The van der Waals surface area contributed by atoms with E-state index in [0.29, 0.717) is 0 Å². The van der Waals surface area contributed by atoms with Crippen molar-refractivity contribution in [3.8, 4) is 0 Å². The molecule has 0 bridgehead atoms. The van der Waals surface area contributed by atoms with Crippen molar-refractivity contribution in [1.82, 2.24) is 14.6 Å². The van der Waals surface area contributed by atoms with Gasteiger partial charge in [0.25, 0.3) is 0 Å². The molecule has 0 aliphatic carbocycles. The maximum absolute atomic E-state index is 4.47. The molecule has 0 amide bonds. The van der Waals surface area contributed by atoms with Gasteiger partial charge in [0, 0.05) is 5.39 Å². The van der Waals surface area contributed by atoms with Gasteiger partial charge in [-0.3, -0.25) is 0 Å². The average Bonchev–Trinajstić information content (AvgIpc) is 2.78. The molecule has 0 saturated heterocycles. The summed E-state index contributed by atoms with van der Waals surface area (Å²) in [6.07, 6.45) is 3.66. The summed E-state index contributed by atoms with van der Waals surface area (Å²) in [5, 5.41) is 7.92. The largest absolute Gasteiger partial charge is 0.236 e. The molecule has 0 fully saturated rings. The van der Waals surface area contributed by atoms with Gasteiger partial charge in [-0.05, 0) is 35.4 Å². The Labute approximate surface area is 104 Å². The lowest BCUT2D eigenvalue weighted by Gasteiger charge is -2.04. The van der Waals surface area contributed by atoms with Crippen LogP contribution < -0.4 is 0 Å². The number of aryl methyl sites for hydroxylation is 1. The fourth-order valence-corrected chi connectivity index (χ4v) is 2.51. The number of rotatable bonds is 0. The summed E-state index contributed by atoms with van der Waals surface area (Å²) < 4.78 is 1.84. The van der Waals surface area contributed by atoms with Crippen molar-refractivity contribution in [3.63, 3.8) is 0 Å². The number of hydrogen-bond donors (Lipinski definition) is 0. The Hall–Kier alpha value is -2.42. The normalized spacial score (nSPS) is 11.6. The third kappa shape index (κ3) is 1.19. The summed E-state index contributed by atoms with van der Waals surface area (Å²) >= 11 is 0. The van der Waals surface area contributed by atoms with E-state index in [9.17, 15) is 0 Å². The molecule has 0 N–H and O–H groups in total. The third-order valence-electron chi connectivity index (χ3n) is 3.40. The molecule has 86 valence electrons. The fourth-order valence-electron chi connectivity index (χ4n) is 2.51. The zero-order valence-electron chi connectivity index (χ0n) is 9.96. The predicted molar refractivity (Wildman–Crippen MR) is 72.7 cm³/mol. The molecule has 18 heavy (non-hydrogen) atoms. The Morgan fingerprint density at radius 2 is 1.83 bits per heavy atom. The molecule has 0 saturated carbocycles. The first kappa shape index (κ1) is 9.59. The molecule has 4 rings (SSSR count). The molecular weight excluding hydrogens is 222 g/mol. The highest BCUT2D eigenvalue weighted by Crippen LogP contribution is 2.25. The summed E-state index contributed by atoms with van der Waals surface area (Å²) in [4.78, 5) is 4.47. The van der Waals surface area contributed by atoms with Crippen molar-refractivity contribution in [2.24, 2.45) is 0 Å². The maximum Gasteiger partial charge on any atom is 0.118 e. The van der Waals surface area contributed by atoms with Crippen LogP contribution in [-0.4, -0.2) is 14.6 Å². The summed E-state index contributed by atoms with van der Waals surface area (Å²) in [6, 6.07) is 12.7. The van der Waals surface area contributed by atoms with E-state index in [2.05, 4.69) is 53.4 Å². The lowest BCUT2D eigenvalue weighted by atomic mass is 10.1. The SMILES string of the molecule is Cc1cnn2cnc3cc4ccccc4cc3c12. The molecule has 0 atom stereocenters. The van der Waals surface area contributed by atoms with Gasteiger partial charge in [0.05, 0.1) is 17.2 Å². The molecule has 4 aromatic rings. The van der Waals surface area contributed by atoms with Crippen LogP contribution in [0.3, 0.4) is 0 Å². The van der Waals surface area contributed by atoms with E-state index < -0.39 is 0 Å². The number of fused-ring (bicyclic) bond motifs is 4. The van der Waals surface area contributed by atoms with E-state index in [4.69, 9.17) is 0 Å². The average molecular weight is 233 g/mol. The molecule has 3 nitrogen and oxygen atoms in total. The van der Waals surface area contributed by atoms with Gasteiger partial charge in [0.1, 0.15) is 6.33 Å². The standard InChI is InChI=1S/C15H11N3/c1-10-8-17-18-9-16-14-7-12-5-3-2-4-11(12)6-13(14)15(10)18/h2-9H,1H3. The van der Waals surface area contributed by atoms with Crippen LogP contribution in [0.15, 0.2) is 48.9 Å². The molecule has 2 aromatic heterocycles. The highest BCUT2D eigenvalue weighted by Gasteiger charge is 2.07. The first-order valence-electron chi connectivity index (χ1n) is 5.94. The quantitative estimate of drug-likeness (QED) is 0.436. The Morgan fingerprint density at radius 3 is 2.67 bits per heavy atom. The van der Waals surface area contributed by atoms with Crippen molar-refractivity contribution >= 4 is 27.2 Å². The van der Waals surface area contributed by atoms with Crippen LogP contribution in [0.1, 0.15) is 5.56 Å². The molecule has 2 heterocycles. The molecule has 3 heteroatoms. The smallest absolute Gasteiger partial charge is 0.118 e. The summed E-state index contributed by atoms with van der Waals surface area (Å²) in [6.45, 7) is 2.08. The minimum atomic E-state index is 1.02. The zero-order valence-corrected chi connectivity index (χ0v) is 9.96. The summed E-state index contributed by atoms with van der Waals surface area (Å²) in [7, 11) is 0. The minimum Gasteiger partial charge on any atom is -0.236 e. The number of aromatic nitrogens is 3. The predicted octanol–water partition coefficient (Wildman–Crippen LogP) is 3.34. The first-order chi connectivity index (χ1) is 8.83. The Balaban J connectivity index is 2.30. The summed E-state index contributed by atoms with van der Waals surface area (Å²) in [5.74, 6) is 0. The van der Waals surface area contributed by atoms with E-state index in [0.717, 1.165) is 16.4 Å². The zero-order chi connectivity index (χ0) is 12.1. The second-order valence-electron chi connectivity index (χ2n) is 4.58. The van der Waals surface area contributed by atoms with Crippen LogP contribution in [0, 0.1) is 6.92 Å². The van der Waals surface area contributed by atoms with Gasteiger partial charge in [-0.15, -0.1) is 0 Å². The third-order valence-corrected chi connectivity index (χ3v) is 3.40. The second-order valence-corrected chi connectivity index (χ2v) is 4.58. The van der Waals surface area contributed by atoms with E-state index in [-0.39, 0.29) is 0 Å². The van der Waals surface area contributed by atoms with Crippen molar-refractivity contribution in [3.05, 3.63) is 54.5 Å². The van der Waals surface area contributed by atoms with Crippen LogP contribution in [0.4, 0.5) is 0 Å². The van der Waals surface area contributed by atoms with Crippen molar-refractivity contribution in [2.45, 2.75) is 6.92 Å². The lowest BCUT2D eigenvalue weighted by molar-refractivity contribution is 0.934. The highest BCUT2D eigenvalue weighted by atomic mass is 15.2. The van der Waals surface area contributed by atoms with Crippen molar-refractivity contribution in [1.29, 1.82) is 0 Å². The Morgan fingerprint density at radius 1 is 1.06 bits per heavy atom. The van der Waals surface area contributed by atoms with Crippen molar-refractivity contribution in [2.75, 3.05) is 0 Å². The minimum absolute atomic E-state index is 1.02. The summed E-state index contributed by atoms with van der Waals surface area (Å²) in [5.41, 5.74) is 3.34. The van der Waals surface area contributed by atoms with Crippen LogP contribution in [0.25, 0.3) is 27.2 Å². The number of benzene rings is 2. The highest BCUT2D eigenvalue weighted by molar-refractivity contribution is 6.03. The molecule has 0 unspecified atom stereocenters. The van der Waals surface area contributed by atoms with Crippen molar-refractivity contribution < 1.29 is 0 Å². The first-order valence-corrected chi connectivity index (χ1v) is 5.94. The van der Waals surface area contributed by atoms with E-state index >= 15 is 0 Å². The maximum atomic E-state index is 4.47. The Kier molecular flexibility index (Phi) is 1.75. The molecule has 2 aromatic carbocycles. The second kappa shape index (κ2) is 3.29. The Bertz CT molecular complexity index is 890. The van der Waals surface area contributed by atoms with E-state index in [1.54, 1.807) is 6.33 Å². The lowest BCUT2D eigenvalue weighted by Crippen LogP contribution is -1.91. The van der Waals surface area contributed by atoms with Crippen LogP contribution in [0.2, 0.25) is 0 Å². The molecule has 0 spiro atoms. The van der Waals surface area contributed by atoms with Gasteiger partial charge in [0.15, 0.2) is 0 Å². The van der Waals surface area contributed by atoms with Crippen LogP contribution >= 0.6 is 0 Å². The van der Waals surface area contributed by atoms with E-state index in [1.165, 1.54) is 16.3 Å².